The average molecular weight is 382 g/mol. The molecule has 0 aromatic heterocycles. The van der Waals surface area contributed by atoms with Gasteiger partial charge in [-0.05, 0) is 62.2 Å². The minimum absolute atomic E-state index is 0.0493. The lowest BCUT2D eigenvalue weighted by Gasteiger charge is -2.41. The maximum atomic E-state index is 14.1. The van der Waals surface area contributed by atoms with Crippen LogP contribution in [-0.4, -0.2) is 23.7 Å². The summed E-state index contributed by atoms with van der Waals surface area (Å²) >= 11 is 0. The largest absolute Gasteiger partial charge is 0.431 e. The van der Waals surface area contributed by atoms with Gasteiger partial charge in [0.05, 0.1) is 17.8 Å². The molecule has 10 atom stereocenters. The first-order chi connectivity index (χ1) is 13.4. The first kappa shape index (κ1) is 15.9. The SMILES string of the molecule is C=C1OC(=O)C2C1C1CC2C2(CCC3(CC4CC3C3C(=O)OC(=O)C43)C2=O)C1. The monoisotopic (exact) mass is 382 g/mol. The molecule has 5 aliphatic carbocycles. The van der Waals surface area contributed by atoms with Crippen molar-refractivity contribution in [3.05, 3.63) is 12.3 Å². The number of allylic oxidation sites excluding steroid dienone is 1. The van der Waals surface area contributed by atoms with Crippen molar-refractivity contribution in [3.8, 4) is 0 Å². The van der Waals surface area contributed by atoms with Crippen molar-refractivity contribution in [2.75, 3.05) is 0 Å². The fourth-order valence-electron chi connectivity index (χ4n) is 9.31. The number of carbonyl (C=O) groups is 4. The molecule has 2 spiro atoms. The summed E-state index contributed by atoms with van der Waals surface area (Å²) < 4.78 is 10.3. The molecule has 7 fully saturated rings. The quantitative estimate of drug-likeness (QED) is 0.471. The number of hydrogen-bond donors (Lipinski definition) is 0. The molecule has 28 heavy (non-hydrogen) atoms. The molecular formula is C22H22O6. The minimum Gasteiger partial charge on any atom is -0.431 e. The third kappa shape index (κ3) is 1.41. The van der Waals surface area contributed by atoms with Crippen LogP contribution >= 0.6 is 0 Å². The highest BCUT2D eigenvalue weighted by Gasteiger charge is 2.77. The standard InChI is InChI=1S/C22H22O6/c1-8-13-9-4-11(15(13)18(24)27-8)21(6-9)2-3-22(20(21)26)7-10-5-12(22)16-14(10)17(23)28-19(16)25/h9-16H,1-7H2. The van der Waals surface area contributed by atoms with Crippen LogP contribution in [0.3, 0.4) is 0 Å². The molecule has 4 bridgehead atoms. The Kier molecular flexibility index (Phi) is 2.52. The second-order valence-corrected chi connectivity index (χ2v) is 10.5. The van der Waals surface area contributed by atoms with Crippen LogP contribution in [0.5, 0.6) is 0 Å². The van der Waals surface area contributed by atoms with E-state index in [-0.39, 0.29) is 53.2 Å². The highest BCUT2D eigenvalue weighted by Crippen LogP contribution is 2.76. The van der Waals surface area contributed by atoms with Crippen molar-refractivity contribution in [1.29, 1.82) is 0 Å². The van der Waals surface area contributed by atoms with Gasteiger partial charge in [0.25, 0.3) is 0 Å². The molecular weight excluding hydrogens is 360 g/mol. The van der Waals surface area contributed by atoms with Gasteiger partial charge in [-0.25, -0.2) is 0 Å². The van der Waals surface area contributed by atoms with Gasteiger partial charge in [-0.15, -0.1) is 0 Å². The fourth-order valence-corrected chi connectivity index (χ4v) is 9.31. The summed E-state index contributed by atoms with van der Waals surface area (Å²) in [5.41, 5.74) is -0.934. The van der Waals surface area contributed by atoms with Crippen LogP contribution in [0.25, 0.3) is 0 Å². The lowest BCUT2D eigenvalue weighted by Crippen LogP contribution is -2.48. The van der Waals surface area contributed by atoms with Gasteiger partial charge in [-0.3, -0.25) is 19.2 Å². The van der Waals surface area contributed by atoms with E-state index in [0.717, 1.165) is 32.1 Å². The van der Waals surface area contributed by atoms with E-state index in [4.69, 9.17) is 9.47 Å². The van der Waals surface area contributed by atoms with E-state index < -0.39 is 22.7 Å². The molecule has 10 unspecified atom stereocenters. The van der Waals surface area contributed by atoms with E-state index in [1.807, 2.05) is 0 Å². The predicted molar refractivity (Wildman–Crippen MR) is 91.8 cm³/mol. The molecule has 5 saturated carbocycles. The predicted octanol–water partition coefficient (Wildman–Crippen LogP) is 2.02. The molecule has 0 radical (unpaired) electrons. The summed E-state index contributed by atoms with van der Waals surface area (Å²) in [6.45, 7) is 3.94. The highest BCUT2D eigenvalue weighted by molar-refractivity contribution is 6.01. The Hall–Kier alpha value is -1.98. The Bertz CT molecular complexity index is 848. The summed E-state index contributed by atoms with van der Waals surface area (Å²) in [5, 5.41) is 0. The molecule has 0 aromatic carbocycles. The zero-order chi connectivity index (χ0) is 19.2. The van der Waals surface area contributed by atoms with Crippen LogP contribution in [0, 0.1) is 58.2 Å². The lowest BCUT2D eigenvalue weighted by molar-refractivity contribution is -0.155. The van der Waals surface area contributed by atoms with Crippen molar-refractivity contribution in [3.63, 3.8) is 0 Å². The molecule has 2 aliphatic heterocycles. The summed E-state index contributed by atoms with van der Waals surface area (Å²) in [7, 11) is 0. The topological polar surface area (TPSA) is 86.7 Å². The summed E-state index contributed by atoms with van der Waals surface area (Å²) in [4.78, 5) is 51.0. The van der Waals surface area contributed by atoms with Crippen LogP contribution in [0.1, 0.15) is 38.5 Å². The average Bonchev–Trinajstić information content (AvgIpc) is 3.46. The highest BCUT2D eigenvalue weighted by atomic mass is 16.6. The van der Waals surface area contributed by atoms with Crippen LogP contribution in [-0.2, 0) is 28.7 Å². The van der Waals surface area contributed by atoms with Gasteiger partial charge in [-0.2, -0.15) is 0 Å². The summed E-state index contributed by atoms with van der Waals surface area (Å²) in [6.07, 6.45) is 4.82. The molecule has 146 valence electrons. The Morgan fingerprint density at radius 1 is 0.714 bits per heavy atom. The molecule has 2 heterocycles. The van der Waals surface area contributed by atoms with E-state index in [2.05, 4.69) is 6.58 Å². The van der Waals surface area contributed by atoms with E-state index in [0.29, 0.717) is 18.1 Å². The van der Waals surface area contributed by atoms with Crippen LogP contribution in [0.4, 0.5) is 0 Å². The van der Waals surface area contributed by atoms with Crippen molar-refractivity contribution in [2.24, 2.45) is 58.2 Å². The number of fused-ring (bicyclic) bond motifs is 12. The summed E-state index contributed by atoms with van der Waals surface area (Å²) in [6, 6.07) is 0. The molecule has 0 aromatic rings. The van der Waals surface area contributed by atoms with Crippen molar-refractivity contribution >= 4 is 23.7 Å². The van der Waals surface area contributed by atoms with Gasteiger partial charge in [-0.1, -0.05) is 6.58 Å². The van der Waals surface area contributed by atoms with Gasteiger partial charge < -0.3 is 9.47 Å². The van der Waals surface area contributed by atoms with Crippen molar-refractivity contribution in [2.45, 2.75) is 38.5 Å². The Morgan fingerprint density at radius 3 is 1.86 bits per heavy atom. The molecule has 6 heteroatoms. The number of rotatable bonds is 0. The van der Waals surface area contributed by atoms with Crippen molar-refractivity contribution < 1.29 is 28.7 Å². The van der Waals surface area contributed by atoms with Gasteiger partial charge >= 0.3 is 17.9 Å². The summed E-state index contributed by atoms with van der Waals surface area (Å²) in [5.74, 6) is -0.622. The third-order valence-corrected chi connectivity index (χ3v) is 9.99. The van der Waals surface area contributed by atoms with Crippen LogP contribution in [0.15, 0.2) is 12.3 Å². The number of esters is 3. The number of carbonyl (C=O) groups excluding carboxylic acids is 4. The van der Waals surface area contributed by atoms with E-state index in [9.17, 15) is 19.2 Å². The fraction of sp³-hybridized carbons (Fsp3) is 0.727. The van der Waals surface area contributed by atoms with Crippen LogP contribution in [0.2, 0.25) is 0 Å². The number of cyclic esters (lactones) is 3. The second kappa shape index (κ2) is 4.44. The van der Waals surface area contributed by atoms with Gasteiger partial charge in [0.15, 0.2) is 0 Å². The minimum atomic E-state index is -0.491. The molecule has 7 aliphatic rings. The first-order valence-electron chi connectivity index (χ1n) is 10.6. The molecule has 2 saturated heterocycles. The number of ether oxygens (including phenoxy) is 2. The maximum Gasteiger partial charge on any atom is 0.317 e. The van der Waals surface area contributed by atoms with Crippen LogP contribution < -0.4 is 0 Å². The Morgan fingerprint density at radius 2 is 1.21 bits per heavy atom. The zero-order valence-electron chi connectivity index (χ0n) is 15.5. The molecule has 0 N–H and O–H groups in total. The van der Waals surface area contributed by atoms with Gasteiger partial charge in [0.2, 0.25) is 0 Å². The Labute approximate surface area is 162 Å². The lowest BCUT2D eigenvalue weighted by atomic mass is 9.58. The van der Waals surface area contributed by atoms with E-state index in [1.165, 1.54) is 0 Å². The molecule has 0 amide bonds. The molecule has 7 rings (SSSR count). The maximum absolute atomic E-state index is 14.1. The normalized spacial score (nSPS) is 57.6. The second-order valence-electron chi connectivity index (χ2n) is 10.5. The van der Waals surface area contributed by atoms with E-state index in [1.54, 1.807) is 0 Å². The number of hydrogen-bond acceptors (Lipinski definition) is 6. The third-order valence-electron chi connectivity index (χ3n) is 9.99. The Balaban J connectivity index is 1.27. The van der Waals surface area contributed by atoms with Gasteiger partial charge in [0, 0.05) is 16.7 Å². The number of ketones is 1. The smallest absolute Gasteiger partial charge is 0.317 e. The van der Waals surface area contributed by atoms with E-state index >= 15 is 0 Å². The van der Waals surface area contributed by atoms with Crippen molar-refractivity contribution in [1.82, 2.24) is 0 Å². The zero-order valence-corrected chi connectivity index (χ0v) is 15.5. The molecule has 6 nitrogen and oxygen atoms in total. The first-order valence-corrected chi connectivity index (χ1v) is 10.6. The number of Topliss-reactive ketones (excluding diaryl/α,β-unsaturated/α-hetero) is 1. The van der Waals surface area contributed by atoms with Gasteiger partial charge in [0.1, 0.15) is 11.5 Å².